The van der Waals surface area contributed by atoms with E-state index in [0.717, 1.165) is 0 Å². The smallest absolute Gasteiger partial charge is 0.239 e. The Morgan fingerprint density at radius 3 is 2.37 bits per heavy atom. The van der Waals surface area contributed by atoms with Crippen molar-refractivity contribution in [1.29, 1.82) is 0 Å². The van der Waals surface area contributed by atoms with Crippen LogP contribution in [0, 0.1) is 5.92 Å². The second-order valence-corrected chi connectivity index (χ2v) is 4.45. The van der Waals surface area contributed by atoms with Gasteiger partial charge in [0, 0.05) is 26.7 Å². The third kappa shape index (κ3) is 11.0. The predicted molar refractivity (Wildman–Crippen MR) is 89.1 cm³/mol. The number of hydrogen-bond donors (Lipinski definition) is 3. The van der Waals surface area contributed by atoms with Gasteiger partial charge in [0.15, 0.2) is 5.96 Å². The molecule has 0 fully saturated rings. The largest absolute Gasteiger partial charge is 0.383 e. The number of rotatable bonds is 7. The molecule has 6 nitrogen and oxygen atoms in total. The predicted octanol–water partition coefficient (Wildman–Crippen LogP) is 0.576. The summed E-state index contributed by atoms with van der Waals surface area (Å²) in [4.78, 5) is 15.5. The minimum absolute atomic E-state index is 0. The molecule has 1 atom stereocenters. The van der Waals surface area contributed by atoms with Crippen molar-refractivity contribution in [1.82, 2.24) is 16.0 Å². The number of amides is 1. The molecule has 0 heterocycles. The highest BCUT2D eigenvalue weighted by atomic mass is 127. The molecule has 0 radical (unpaired) electrons. The summed E-state index contributed by atoms with van der Waals surface area (Å²) in [5, 5.41) is 8.92. The van der Waals surface area contributed by atoms with E-state index in [1.54, 1.807) is 14.2 Å². The molecule has 0 aromatic rings. The number of carbonyl (C=O) groups is 1. The Morgan fingerprint density at radius 2 is 1.89 bits per heavy atom. The minimum atomic E-state index is -0.0767. The molecule has 0 rings (SSSR count). The Kier molecular flexibility index (Phi) is 13.6. The molecule has 0 aliphatic heterocycles. The Morgan fingerprint density at radius 1 is 1.26 bits per heavy atom. The van der Waals surface area contributed by atoms with Crippen LogP contribution in [0.1, 0.15) is 20.8 Å². The zero-order valence-electron chi connectivity index (χ0n) is 12.4. The third-order valence-corrected chi connectivity index (χ3v) is 2.63. The number of guanidine groups is 1. The topological polar surface area (TPSA) is 74.8 Å². The van der Waals surface area contributed by atoms with Gasteiger partial charge in [-0.2, -0.15) is 0 Å². The first kappa shape index (κ1) is 20.7. The maximum absolute atomic E-state index is 11.4. The molecule has 114 valence electrons. The van der Waals surface area contributed by atoms with Gasteiger partial charge in [-0.1, -0.05) is 13.8 Å². The maximum atomic E-state index is 11.4. The normalized spacial score (nSPS) is 12.6. The Balaban J connectivity index is 0. The molecule has 0 aliphatic rings. The molecular weight excluding hydrogens is 359 g/mol. The van der Waals surface area contributed by atoms with E-state index in [4.69, 9.17) is 4.74 Å². The lowest BCUT2D eigenvalue weighted by Gasteiger charge is -2.20. The summed E-state index contributed by atoms with van der Waals surface area (Å²) in [5.41, 5.74) is 0. The van der Waals surface area contributed by atoms with Crippen LogP contribution in [0.15, 0.2) is 4.99 Å². The van der Waals surface area contributed by atoms with E-state index in [9.17, 15) is 4.79 Å². The summed E-state index contributed by atoms with van der Waals surface area (Å²) in [6.07, 6.45) is 0. The van der Waals surface area contributed by atoms with Crippen LogP contribution < -0.4 is 16.0 Å². The fourth-order valence-electron chi connectivity index (χ4n) is 1.10. The van der Waals surface area contributed by atoms with E-state index < -0.39 is 0 Å². The van der Waals surface area contributed by atoms with Gasteiger partial charge in [-0.3, -0.25) is 9.79 Å². The van der Waals surface area contributed by atoms with Crippen LogP contribution in [0.5, 0.6) is 0 Å². The monoisotopic (exact) mass is 386 g/mol. The van der Waals surface area contributed by atoms with E-state index in [1.807, 2.05) is 0 Å². The molecule has 3 N–H and O–H groups in total. The third-order valence-electron chi connectivity index (χ3n) is 2.63. The zero-order chi connectivity index (χ0) is 14.0. The zero-order valence-corrected chi connectivity index (χ0v) is 14.8. The molecule has 0 aliphatic carbocycles. The van der Waals surface area contributed by atoms with Gasteiger partial charge in [-0.25, -0.2) is 0 Å². The SMILES string of the molecule is CN=C(NCC(=O)NCCOC)NC(C)C(C)C.I. The van der Waals surface area contributed by atoms with Crippen LogP contribution in [0.4, 0.5) is 0 Å². The number of methoxy groups -OCH3 is 1. The van der Waals surface area contributed by atoms with E-state index in [2.05, 4.69) is 41.7 Å². The second kappa shape index (κ2) is 12.5. The van der Waals surface area contributed by atoms with Gasteiger partial charge in [0.05, 0.1) is 13.2 Å². The quantitative estimate of drug-likeness (QED) is 0.259. The van der Waals surface area contributed by atoms with Gasteiger partial charge in [-0.15, -0.1) is 24.0 Å². The summed E-state index contributed by atoms with van der Waals surface area (Å²) in [6, 6.07) is 0.299. The lowest BCUT2D eigenvalue weighted by Crippen LogP contribution is -2.47. The molecular formula is C12H27IN4O2. The van der Waals surface area contributed by atoms with Gasteiger partial charge in [0.25, 0.3) is 0 Å². The molecule has 7 heteroatoms. The highest BCUT2D eigenvalue weighted by Gasteiger charge is 2.09. The van der Waals surface area contributed by atoms with E-state index >= 15 is 0 Å². The molecule has 0 saturated heterocycles. The summed E-state index contributed by atoms with van der Waals surface area (Å²) in [5.74, 6) is 1.06. The van der Waals surface area contributed by atoms with Crippen molar-refractivity contribution in [3.8, 4) is 0 Å². The lowest BCUT2D eigenvalue weighted by atomic mass is 10.1. The number of aliphatic imine (C=N–C) groups is 1. The highest BCUT2D eigenvalue weighted by molar-refractivity contribution is 14.0. The molecule has 0 bridgehead atoms. The van der Waals surface area contributed by atoms with Gasteiger partial charge >= 0.3 is 0 Å². The van der Waals surface area contributed by atoms with E-state index in [1.165, 1.54) is 0 Å². The van der Waals surface area contributed by atoms with Gasteiger partial charge in [0.1, 0.15) is 0 Å². The lowest BCUT2D eigenvalue weighted by molar-refractivity contribution is -0.120. The number of nitrogens with zero attached hydrogens (tertiary/aromatic N) is 1. The van der Waals surface area contributed by atoms with Crippen molar-refractivity contribution in [2.75, 3.05) is 33.9 Å². The fraction of sp³-hybridized carbons (Fsp3) is 0.833. The average molecular weight is 386 g/mol. The van der Waals surface area contributed by atoms with E-state index in [-0.39, 0.29) is 36.4 Å². The van der Waals surface area contributed by atoms with Crippen molar-refractivity contribution < 1.29 is 9.53 Å². The van der Waals surface area contributed by atoms with Crippen molar-refractivity contribution in [2.45, 2.75) is 26.8 Å². The Bertz CT molecular complexity index is 272. The summed E-state index contributed by atoms with van der Waals surface area (Å²) in [6.45, 7) is 7.57. The first-order valence-electron chi connectivity index (χ1n) is 6.24. The second-order valence-electron chi connectivity index (χ2n) is 4.45. The average Bonchev–Trinajstić information content (AvgIpc) is 2.34. The number of carbonyl (C=O) groups excluding carboxylic acids is 1. The molecule has 19 heavy (non-hydrogen) atoms. The Hall–Kier alpha value is -0.570. The van der Waals surface area contributed by atoms with Crippen LogP contribution in [0.25, 0.3) is 0 Å². The van der Waals surface area contributed by atoms with Crippen LogP contribution in [0.2, 0.25) is 0 Å². The maximum Gasteiger partial charge on any atom is 0.239 e. The van der Waals surface area contributed by atoms with Crippen molar-refractivity contribution in [3.05, 3.63) is 0 Å². The van der Waals surface area contributed by atoms with Crippen molar-refractivity contribution >= 4 is 35.8 Å². The van der Waals surface area contributed by atoms with Crippen molar-refractivity contribution in [3.63, 3.8) is 0 Å². The van der Waals surface area contributed by atoms with Gasteiger partial charge in [0.2, 0.25) is 5.91 Å². The van der Waals surface area contributed by atoms with Crippen LogP contribution in [-0.2, 0) is 9.53 Å². The first-order valence-corrected chi connectivity index (χ1v) is 6.24. The molecule has 0 saturated carbocycles. The Labute approximate surface area is 133 Å². The standard InChI is InChI=1S/C12H26N4O2.HI/c1-9(2)10(3)16-12(13-4)15-8-11(17)14-6-7-18-5;/h9-10H,6-8H2,1-5H3,(H,14,17)(H2,13,15,16);1H. The van der Waals surface area contributed by atoms with E-state index in [0.29, 0.717) is 31.1 Å². The number of halogens is 1. The van der Waals surface area contributed by atoms with Crippen LogP contribution in [-0.4, -0.2) is 51.8 Å². The van der Waals surface area contributed by atoms with Crippen LogP contribution >= 0.6 is 24.0 Å². The van der Waals surface area contributed by atoms with Crippen molar-refractivity contribution in [2.24, 2.45) is 10.9 Å². The molecule has 0 aromatic carbocycles. The summed E-state index contributed by atoms with van der Waals surface area (Å²) >= 11 is 0. The summed E-state index contributed by atoms with van der Waals surface area (Å²) in [7, 11) is 3.29. The first-order chi connectivity index (χ1) is 8.51. The number of ether oxygens (including phenoxy) is 1. The fourth-order valence-corrected chi connectivity index (χ4v) is 1.10. The van der Waals surface area contributed by atoms with Gasteiger partial charge in [-0.05, 0) is 12.8 Å². The number of nitrogens with one attached hydrogen (secondary N) is 3. The molecule has 0 spiro atoms. The summed E-state index contributed by atoms with van der Waals surface area (Å²) < 4.78 is 4.85. The molecule has 1 amide bonds. The highest BCUT2D eigenvalue weighted by Crippen LogP contribution is 1.98. The molecule has 0 aromatic heterocycles. The number of hydrogen-bond acceptors (Lipinski definition) is 3. The van der Waals surface area contributed by atoms with Crippen LogP contribution in [0.3, 0.4) is 0 Å². The molecule has 1 unspecified atom stereocenters. The minimum Gasteiger partial charge on any atom is -0.383 e. The van der Waals surface area contributed by atoms with Gasteiger partial charge < -0.3 is 20.7 Å².